The Labute approximate surface area is 81.5 Å². The summed E-state index contributed by atoms with van der Waals surface area (Å²) in [6.45, 7) is 1.35. The zero-order chi connectivity index (χ0) is 10.6. The molecule has 0 unspecified atom stereocenters. The predicted molar refractivity (Wildman–Crippen MR) is 51.4 cm³/mol. The molecule has 1 heterocycles. The minimum atomic E-state index is -0.971. The molecule has 0 aliphatic heterocycles. The lowest BCUT2D eigenvalue weighted by Gasteiger charge is -1.98. The van der Waals surface area contributed by atoms with Crippen LogP contribution < -0.4 is 0 Å². The lowest BCUT2D eigenvalue weighted by molar-refractivity contribution is -0.132. The minimum absolute atomic E-state index is 0.145. The Balaban J connectivity index is 2.97. The van der Waals surface area contributed by atoms with Crippen LogP contribution in [0.3, 0.4) is 0 Å². The number of hydrogen-bond donors (Lipinski definition) is 2. The van der Waals surface area contributed by atoms with E-state index in [0.717, 1.165) is 0 Å². The summed E-state index contributed by atoms with van der Waals surface area (Å²) in [6.07, 6.45) is 1.46. The van der Waals surface area contributed by atoms with Crippen LogP contribution in [-0.2, 0) is 11.4 Å². The number of aliphatic carboxylic acids is 1. The summed E-state index contributed by atoms with van der Waals surface area (Å²) < 4.78 is 0. The highest BCUT2D eigenvalue weighted by atomic mass is 16.4. The number of aliphatic hydroxyl groups is 1. The number of carbonyl (C=O) groups is 1. The highest BCUT2D eigenvalue weighted by Gasteiger charge is 2.00. The number of hydrogen-bond acceptors (Lipinski definition) is 3. The fourth-order valence-electron chi connectivity index (χ4n) is 0.950. The standard InChI is InChI=1S/C10H11NO3/c1-7(10(13)14)5-8-3-2-4-9(6-12)11-8/h2-5,12H,6H2,1H3,(H,13,14)/b7-5+. The van der Waals surface area contributed by atoms with E-state index in [2.05, 4.69) is 4.98 Å². The van der Waals surface area contributed by atoms with E-state index in [-0.39, 0.29) is 12.2 Å². The van der Waals surface area contributed by atoms with Crippen molar-refractivity contribution in [3.05, 3.63) is 35.2 Å². The molecule has 0 fully saturated rings. The molecule has 0 saturated heterocycles. The van der Waals surface area contributed by atoms with Gasteiger partial charge in [-0.05, 0) is 25.1 Å². The van der Waals surface area contributed by atoms with Gasteiger partial charge in [0.1, 0.15) is 0 Å². The van der Waals surface area contributed by atoms with Crippen molar-refractivity contribution < 1.29 is 15.0 Å². The van der Waals surface area contributed by atoms with Gasteiger partial charge in [0, 0.05) is 5.57 Å². The number of aromatic nitrogens is 1. The Morgan fingerprint density at radius 2 is 2.29 bits per heavy atom. The summed E-state index contributed by atoms with van der Waals surface area (Å²) in [6, 6.07) is 5.08. The van der Waals surface area contributed by atoms with E-state index in [1.807, 2.05) is 0 Å². The van der Waals surface area contributed by atoms with Gasteiger partial charge in [-0.15, -0.1) is 0 Å². The molecule has 0 aliphatic rings. The molecule has 74 valence electrons. The summed E-state index contributed by atoms with van der Waals surface area (Å²) in [5, 5.41) is 17.4. The highest BCUT2D eigenvalue weighted by molar-refractivity contribution is 5.91. The molecule has 0 spiro atoms. The number of rotatable bonds is 3. The number of aliphatic hydroxyl groups excluding tert-OH is 1. The first-order chi connectivity index (χ1) is 6.63. The molecule has 2 N–H and O–H groups in total. The molecule has 1 aromatic rings. The Kier molecular flexibility index (Phi) is 3.36. The quantitative estimate of drug-likeness (QED) is 0.704. The number of carboxylic acid groups (broad SMARTS) is 1. The second-order valence-corrected chi connectivity index (χ2v) is 2.84. The van der Waals surface area contributed by atoms with Crippen LogP contribution in [0.5, 0.6) is 0 Å². The van der Waals surface area contributed by atoms with E-state index in [9.17, 15) is 4.79 Å². The summed E-state index contributed by atoms with van der Waals surface area (Å²) in [5.41, 5.74) is 1.28. The third-order valence-corrected chi connectivity index (χ3v) is 1.69. The van der Waals surface area contributed by atoms with Crippen molar-refractivity contribution in [3.63, 3.8) is 0 Å². The van der Waals surface area contributed by atoms with Gasteiger partial charge in [-0.25, -0.2) is 4.79 Å². The van der Waals surface area contributed by atoms with Crippen molar-refractivity contribution in [2.24, 2.45) is 0 Å². The monoisotopic (exact) mass is 193 g/mol. The summed E-state index contributed by atoms with van der Waals surface area (Å²) in [4.78, 5) is 14.5. The molecule has 4 heteroatoms. The second-order valence-electron chi connectivity index (χ2n) is 2.84. The van der Waals surface area contributed by atoms with E-state index in [4.69, 9.17) is 10.2 Å². The molecule has 0 aliphatic carbocycles. The van der Waals surface area contributed by atoms with Gasteiger partial charge < -0.3 is 10.2 Å². The van der Waals surface area contributed by atoms with Gasteiger partial charge in [0.15, 0.2) is 0 Å². The van der Waals surface area contributed by atoms with Crippen LogP contribution in [-0.4, -0.2) is 21.2 Å². The maximum absolute atomic E-state index is 10.5. The largest absolute Gasteiger partial charge is 0.478 e. The number of nitrogens with zero attached hydrogens (tertiary/aromatic N) is 1. The molecule has 0 atom stereocenters. The molecular weight excluding hydrogens is 182 g/mol. The summed E-state index contributed by atoms with van der Waals surface area (Å²) in [7, 11) is 0. The second kappa shape index (κ2) is 4.53. The van der Waals surface area contributed by atoms with Crippen LogP contribution >= 0.6 is 0 Å². The number of pyridine rings is 1. The maximum atomic E-state index is 10.5. The Hall–Kier alpha value is -1.68. The molecule has 1 aromatic heterocycles. The molecule has 0 aromatic carbocycles. The van der Waals surface area contributed by atoms with Crippen molar-refractivity contribution in [1.82, 2.24) is 4.98 Å². The number of carboxylic acids is 1. The van der Waals surface area contributed by atoms with E-state index >= 15 is 0 Å². The zero-order valence-corrected chi connectivity index (χ0v) is 7.77. The molecular formula is C10H11NO3. The minimum Gasteiger partial charge on any atom is -0.478 e. The fourth-order valence-corrected chi connectivity index (χ4v) is 0.950. The highest BCUT2D eigenvalue weighted by Crippen LogP contribution is 2.05. The molecule has 4 nitrogen and oxygen atoms in total. The van der Waals surface area contributed by atoms with Crippen molar-refractivity contribution in [2.75, 3.05) is 0 Å². The van der Waals surface area contributed by atoms with Crippen LogP contribution in [0, 0.1) is 0 Å². The van der Waals surface area contributed by atoms with Gasteiger partial charge in [0.2, 0.25) is 0 Å². The normalized spacial score (nSPS) is 11.4. The van der Waals surface area contributed by atoms with E-state index in [0.29, 0.717) is 11.4 Å². The van der Waals surface area contributed by atoms with Crippen LogP contribution in [0.25, 0.3) is 6.08 Å². The van der Waals surface area contributed by atoms with E-state index in [1.165, 1.54) is 13.0 Å². The van der Waals surface area contributed by atoms with E-state index in [1.54, 1.807) is 18.2 Å². The van der Waals surface area contributed by atoms with Crippen LogP contribution in [0.4, 0.5) is 0 Å². The first kappa shape index (κ1) is 10.4. The Bertz CT molecular complexity index is 371. The first-order valence-corrected chi connectivity index (χ1v) is 4.12. The van der Waals surface area contributed by atoms with Crippen molar-refractivity contribution in [3.8, 4) is 0 Å². The molecule has 0 saturated carbocycles. The van der Waals surface area contributed by atoms with Gasteiger partial charge in [-0.2, -0.15) is 0 Å². The average molecular weight is 193 g/mol. The Morgan fingerprint density at radius 1 is 1.57 bits per heavy atom. The molecule has 0 amide bonds. The predicted octanol–water partition coefficient (Wildman–Crippen LogP) is 1.06. The average Bonchev–Trinajstić information content (AvgIpc) is 2.18. The fraction of sp³-hybridized carbons (Fsp3) is 0.200. The zero-order valence-electron chi connectivity index (χ0n) is 7.77. The van der Waals surface area contributed by atoms with Crippen LogP contribution in [0.15, 0.2) is 23.8 Å². The van der Waals surface area contributed by atoms with Gasteiger partial charge >= 0.3 is 5.97 Å². The smallest absolute Gasteiger partial charge is 0.331 e. The first-order valence-electron chi connectivity index (χ1n) is 4.12. The SMILES string of the molecule is C/C(=C\c1cccc(CO)n1)C(=O)O. The lowest BCUT2D eigenvalue weighted by Crippen LogP contribution is -1.97. The van der Waals surface area contributed by atoms with Crippen molar-refractivity contribution in [1.29, 1.82) is 0 Å². The third kappa shape index (κ3) is 2.67. The van der Waals surface area contributed by atoms with Crippen molar-refractivity contribution in [2.45, 2.75) is 13.5 Å². The third-order valence-electron chi connectivity index (χ3n) is 1.69. The van der Waals surface area contributed by atoms with Gasteiger partial charge in [-0.1, -0.05) is 6.07 Å². The maximum Gasteiger partial charge on any atom is 0.331 e. The van der Waals surface area contributed by atoms with Crippen LogP contribution in [0.2, 0.25) is 0 Å². The van der Waals surface area contributed by atoms with Gasteiger partial charge in [0.05, 0.1) is 18.0 Å². The molecule has 0 bridgehead atoms. The topological polar surface area (TPSA) is 70.4 Å². The summed E-state index contributed by atoms with van der Waals surface area (Å²) >= 11 is 0. The molecule has 0 radical (unpaired) electrons. The molecule has 14 heavy (non-hydrogen) atoms. The summed E-state index contributed by atoms with van der Waals surface area (Å²) in [5.74, 6) is -0.971. The van der Waals surface area contributed by atoms with Gasteiger partial charge in [0.25, 0.3) is 0 Å². The van der Waals surface area contributed by atoms with Crippen LogP contribution in [0.1, 0.15) is 18.3 Å². The molecule has 1 rings (SSSR count). The van der Waals surface area contributed by atoms with E-state index < -0.39 is 5.97 Å². The Morgan fingerprint density at radius 3 is 2.86 bits per heavy atom. The van der Waals surface area contributed by atoms with Crippen molar-refractivity contribution >= 4 is 12.0 Å². The van der Waals surface area contributed by atoms with Gasteiger partial charge in [-0.3, -0.25) is 4.98 Å². The lowest BCUT2D eigenvalue weighted by atomic mass is 10.2.